The molecule has 5 rings (SSSR count). The number of fused-ring (bicyclic) bond motifs is 2. The summed E-state index contributed by atoms with van der Waals surface area (Å²) in [7, 11) is 0.330. The van der Waals surface area contributed by atoms with Crippen molar-refractivity contribution in [1.29, 1.82) is 0 Å². The highest BCUT2D eigenvalue weighted by Gasteiger charge is 2.44. The molecule has 2 heterocycles. The minimum Gasteiger partial charge on any atom is -0.395 e. The third-order valence-electron chi connectivity index (χ3n) is 6.34. The Hall–Kier alpha value is -4.19. The van der Waals surface area contributed by atoms with Gasteiger partial charge in [-0.1, -0.05) is 31.2 Å². The molecule has 1 N–H and O–H groups in total. The van der Waals surface area contributed by atoms with Gasteiger partial charge in [-0.25, -0.2) is 13.4 Å². The number of nitrogens with one attached hydrogen (secondary N) is 1. The first-order chi connectivity index (χ1) is 18.5. The maximum Gasteiger partial charge on any atom is 0.586 e. The van der Waals surface area contributed by atoms with Gasteiger partial charge in [-0.2, -0.15) is 0 Å². The maximum atomic E-state index is 13.7. The summed E-state index contributed by atoms with van der Waals surface area (Å²) in [4.78, 5) is 19.6. The fraction of sp³-hybridized carbons (Fsp3) is 0.259. The summed E-state index contributed by atoms with van der Waals surface area (Å²) in [6.07, 6.45) is -3.72. The van der Waals surface area contributed by atoms with Crippen LogP contribution in [-0.4, -0.2) is 50.0 Å². The summed E-state index contributed by atoms with van der Waals surface area (Å²) in [5.41, 5.74) is 2.89. The van der Waals surface area contributed by atoms with E-state index in [4.69, 9.17) is 4.74 Å². The summed E-state index contributed by atoms with van der Waals surface area (Å²) in [6.45, 7) is 1.98. The zero-order valence-electron chi connectivity index (χ0n) is 21.4. The molecule has 3 aromatic carbocycles. The lowest BCUT2D eigenvalue weighted by Crippen LogP contribution is -2.26. The van der Waals surface area contributed by atoms with Gasteiger partial charge in [0.15, 0.2) is 21.3 Å². The molecule has 1 aliphatic heterocycles. The molecule has 9 nitrogen and oxygen atoms in total. The topological polar surface area (TPSA) is 103 Å². The van der Waals surface area contributed by atoms with E-state index in [1.54, 1.807) is 54.3 Å². The lowest BCUT2D eigenvalue weighted by atomic mass is 10.1. The molecule has 1 amide bonds. The molecular weight excluding hydrogens is 530 g/mol. The molecule has 39 heavy (non-hydrogen) atoms. The van der Waals surface area contributed by atoms with Crippen molar-refractivity contribution in [2.24, 2.45) is 0 Å². The fourth-order valence-corrected chi connectivity index (χ4v) is 5.23. The molecule has 1 aliphatic rings. The molecule has 0 saturated carbocycles. The largest absolute Gasteiger partial charge is 0.586 e. The number of hydrogen-bond acceptors (Lipinski definition) is 7. The van der Waals surface area contributed by atoms with Gasteiger partial charge in [0.25, 0.3) is 5.91 Å². The number of amides is 1. The molecule has 0 atom stereocenters. The van der Waals surface area contributed by atoms with Crippen molar-refractivity contribution in [1.82, 2.24) is 14.9 Å². The summed E-state index contributed by atoms with van der Waals surface area (Å²) in [5.74, 6) is 0.201. The van der Waals surface area contributed by atoms with Crippen molar-refractivity contribution in [2.75, 3.05) is 24.7 Å². The second-order valence-electron chi connectivity index (χ2n) is 9.24. The summed E-state index contributed by atoms with van der Waals surface area (Å²) in [5, 5.41) is 2.84. The first-order valence-corrected chi connectivity index (χ1v) is 13.8. The van der Waals surface area contributed by atoms with Crippen molar-refractivity contribution >= 4 is 32.7 Å². The molecule has 0 bridgehead atoms. The molecule has 0 spiro atoms. The van der Waals surface area contributed by atoms with Crippen LogP contribution in [-0.2, 0) is 22.9 Å². The van der Waals surface area contributed by atoms with Crippen LogP contribution < -0.4 is 19.7 Å². The fourth-order valence-electron chi connectivity index (χ4n) is 4.34. The minimum absolute atomic E-state index is 0.0164. The van der Waals surface area contributed by atoms with Crippen molar-refractivity contribution in [3.05, 3.63) is 77.4 Å². The van der Waals surface area contributed by atoms with Crippen LogP contribution in [0.4, 0.5) is 14.7 Å². The van der Waals surface area contributed by atoms with E-state index in [-0.39, 0.29) is 41.1 Å². The quantitative estimate of drug-likeness (QED) is 0.347. The van der Waals surface area contributed by atoms with Gasteiger partial charge < -0.3 is 24.3 Å². The highest BCUT2D eigenvalue weighted by atomic mass is 32.2. The third kappa shape index (κ3) is 5.24. The monoisotopic (exact) mass is 556 g/mol. The number of para-hydroxylation sites is 1. The van der Waals surface area contributed by atoms with E-state index >= 15 is 0 Å². The predicted octanol–water partition coefficient (Wildman–Crippen LogP) is 4.20. The molecule has 0 fully saturated rings. The van der Waals surface area contributed by atoms with Gasteiger partial charge in [-0.15, -0.1) is 8.78 Å². The summed E-state index contributed by atoms with van der Waals surface area (Å²) < 4.78 is 62.5. The number of alkyl halides is 2. The molecule has 1 aromatic heterocycles. The molecule has 0 unspecified atom stereocenters. The average Bonchev–Trinajstić information content (AvgIpc) is 3.43. The molecule has 0 aliphatic carbocycles. The third-order valence-corrected chi connectivity index (χ3v) is 8.09. The molecule has 0 radical (unpaired) electrons. The number of carbonyl (C=O) groups is 1. The van der Waals surface area contributed by atoms with Gasteiger partial charge in [-0.05, 0) is 42.0 Å². The Bertz CT molecular complexity index is 1670. The number of benzene rings is 3. The Morgan fingerprint density at radius 2 is 1.82 bits per heavy atom. The van der Waals surface area contributed by atoms with E-state index in [1.807, 2.05) is 18.7 Å². The molecule has 12 heteroatoms. The van der Waals surface area contributed by atoms with E-state index in [2.05, 4.69) is 15.0 Å². The Morgan fingerprint density at radius 3 is 2.51 bits per heavy atom. The predicted molar refractivity (Wildman–Crippen MR) is 141 cm³/mol. The van der Waals surface area contributed by atoms with Crippen LogP contribution in [0.3, 0.4) is 0 Å². The smallest absolute Gasteiger partial charge is 0.395 e. The lowest BCUT2D eigenvalue weighted by molar-refractivity contribution is -0.286. The maximum absolute atomic E-state index is 13.7. The number of aromatic nitrogens is 2. The van der Waals surface area contributed by atoms with Crippen LogP contribution in [0.1, 0.15) is 28.4 Å². The van der Waals surface area contributed by atoms with Gasteiger partial charge in [0.1, 0.15) is 0 Å². The van der Waals surface area contributed by atoms with Crippen LogP contribution >= 0.6 is 0 Å². The Morgan fingerprint density at radius 1 is 1.08 bits per heavy atom. The Kier molecular flexibility index (Phi) is 6.67. The van der Waals surface area contributed by atoms with Gasteiger partial charge >= 0.3 is 6.29 Å². The highest BCUT2D eigenvalue weighted by molar-refractivity contribution is 7.91. The minimum atomic E-state index is -3.72. The van der Waals surface area contributed by atoms with E-state index in [9.17, 15) is 22.0 Å². The number of imidazole rings is 1. The molecular formula is C27H26F2N4O5S. The second kappa shape index (κ2) is 9.84. The van der Waals surface area contributed by atoms with E-state index < -0.39 is 16.1 Å². The van der Waals surface area contributed by atoms with Gasteiger partial charge in [0, 0.05) is 31.8 Å². The Balaban J connectivity index is 1.37. The number of rotatable bonds is 8. The lowest BCUT2D eigenvalue weighted by Gasteiger charge is -2.16. The summed E-state index contributed by atoms with van der Waals surface area (Å²) in [6, 6.07) is 16.2. The van der Waals surface area contributed by atoms with Crippen molar-refractivity contribution in [3.8, 4) is 11.5 Å². The van der Waals surface area contributed by atoms with Crippen LogP contribution in [0.15, 0.2) is 65.6 Å². The number of carbonyl (C=O) groups excluding carboxylic acids is 1. The van der Waals surface area contributed by atoms with Crippen LogP contribution in [0, 0.1) is 0 Å². The SMILES string of the molecule is CCS(=O)(=O)c1ccc(CNC(=O)c2ccc3c(c2)nc(N(C)C)n3Cc2cccc3c2OC(F)(F)O3)cc1. The number of hydrogen-bond donors (Lipinski definition) is 1. The van der Waals surface area contributed by atoms with Gasteiger partial charge in [0.2, 0.25) is 5.95 Å². The van der Waals surface area contributed by atoms with Crippen molar-refractivity contribution in [3.63, 3.8) is 0 Å². The molecule has 0 saturated heterocycles. The van der Waals surface area contributed by atoms with Crippen molar-refractivity contribution in [2.45, 2.75) is 31.2 Å². The standard InChI is InChI=1S/C27H26F2N4O5S/c1-4-39(35,36)20-11-8-17(9-12-20)15-30-25(34)18-10-13-22-21(14-18)31-26(32(2)3)33(22)16-19-6-5-7-23-24(19)38-27(28,29)37-23/h5-14H,4,15-16H2,1-3H3,(H,30,34). The number of anilines is 1. The molecule has 4 aromatic rings. The van der Waals surface area contributed by atoms with E-state index in [0.29, 0.717) is 28.1 Å². The number of nitrogens with zero attached hydrogens (tertiary/aromatic N) is 3. The Labute approximate surface area is 223 Å². The zero-order valence-corrected chi connectivity index (χ0v) is 22.3. The first-order valence-electron chi connectivity index (χ1n) is 12.1. The number of halogens is 2. The van der Waals surface area contributed by atoms with E-state index in [0.717, 1.165) is 5.56 Å². The first kappa shape index (κ1) is 26.4. The number of ether oxygens (including phenoxy) is 2. The molecule has 204 valence electrons. The summed E-state index contributed by atoms with van der Waals surface area (Å²) >= 11 is 0. The number of sulfone groups is 1. The van der Waals surface area contributed by atoms with Crippen LogP contribution in [0.25, 0.3) is 11.0 Å². The van der Waals surface area contributed by atoms with Gasteiger partial charge in [0.05, 0.1) is 28.2 Å². The van der Waals surface area contributed by atoms with E-state index in [1.165, 1.54) is 18.2 Å². The zero-order chi connectivity index (χ0) is 27.9. The highest BCUT2D eigenvalue weighted by Crippen LogP contribution is 2.43. The van der Waals surface area contributed by atoms with Crippen molar-refractivity contribution < 1.29 is 31.5 Å². The van der Waals surface area contributed by atoms with Gasteiger partial charge in [-0.3, -0.25) is 4.79 Å². The van der Waals surface area contributed by atoms with Crippen LogP contribution in [0.5, 0.6) is 11.5 Å². The van der Waals surface area contributed by atoms with Crippen LogP contribution in [0.2, 0.25) is 0 Å². The average molecular weight is 557 g/mol. The normalized spacial score (nSPS) is 14.0. The second-order valence-corrected chi connectivity index (χ2v) is 11.5.